The third kappa shape index (κ3) is 4.46. The Bertz CT molecular complexity index is 627. The summed E-state index contributed by atoms with van der Waals surface area (Å²) >= 11 is 12.2. The second kappa shape index (κ2) is 7.61. The predicted molar refractivity (Wildman–Crippen MR) is 92.5 cm³/mol. The van der Waals surface area contributed by atoms with Gasteiger partial charge in [-0.15, -0.1) is 0 Å². The van der Waals surface area contributed by atoms with Gasteiger partial charge in [-0.05, 0) is 55.8 Å². The van der Waals surface area contributed by atoms with Crippen molar-refractivity contribution in [2.24, 2.45) is 0 Å². The minimum Gasteiger partial charge on any atom is -0.493 e. The van der Waals surface area contributed by atoms with Crippen molar-refractivity contribution in [2.75, 3.05) is 12.4 Å². The SMILES string of the molecule is COc1cc(CNc2ccc(Cl)cc2)cc(Cl)c1OC(C)C. The Morgan fingerprint density at radius 3 is 2.36 bits per heavy atom. The van der Waals surface area contributed by atoms with Crippen LogP contribution in [0.1, 0.15) is 19.4 Å². The van der Waals surface area contributed by atoms with Gasteiger partial charge in [-0.1, -0.05) is 23.2 Å². The summed E-state index contributed by atoms with van der Waals surface area (Å²) in [6, 6.07) is 11.3. The maximum absolute atomic E-state index is 6.31. The quantitative estimate of drug-likeness (QED) is 0.764. The number of anilines is 1. The first-order chi connectivity index (χ1) is 10.5. The number of hydrogen-bond donors (Lipinski definition) is 1. The van der Waals surface area contributed by atoms with E-state index in [-0.39, 0.29) is 6.10 Å². The summed E-state index contributed by atoms with van der Waals surface area (Å²) in [4.78, 5) is 0. The van der Waals surface area contributed by atoms with Gasteiger partial charge >= 0.3 is 0 Å². The summed E-state index contributed by atoms with van der Waals surface area (Å²) in [5, 5.41) is 4.57. The highest BCUT2D eigenvalue weighted by atomic mass is 35.5. The lowest BCUT2D eigenvalue weighted by molar-refractivity contribution is 0.230. The molecule has 5 heteroatoms. The molecule has 0 aromatic heterocycles. The van der Waals surface area contributed by atoms with E-state index in [0.29, 0.717) is 28.1 Å². The van der Waals surface area contributed by atoms with Crippen molar-refractivity contribution in [3.63, 3.8) is 0 Å². The molecule has 0 unspecified atom stereocenters. The fourth-order valence-corrected chi connectivity index (χ4v) is 2.40. The van der Waals surface area contributed by atoms with E-state index >= 15 is 0 Å². The van der Waals surface area contributed by atoms with E-state index in [1.54, 1.807) is 7.11 Å². The van der Waals surface area contributed by atoms with E-state index in [1.807, 2.05) is 50.2 Å². The lowest BCUT2D eigenvalue weighted by atomic mass is 10.2. The Morgan fingerprint density at radius 2 is 1.77 bits per heavy atom. The van der Waals surface area contributed by atoms with Crippen LogP contribution >= 0.6 is 23.2 Å². The summed E-state index contributed by atoms with van der Waals surface area (Å²) < 4.78 is 11.1. The van der Waals surface area contributed by atoms with Crippen LogP contribution in [0.25, 0.3) is 0 Å². The zero-order valence-corrected chi connectivity index (χ0v) is 14.3. The average molecular weight is 340 g/mol. The molecular weight excluding hydrogens is 321 g/mol. The highest BCUT2D eigenvalue weighted by Crippen LogP contribution is 2.37. The second-order valence-electron chi connectivity index (χ2n) is 5.14. The molecule has 0 aliphatic carbocycles. The number of methoxy groups -OCH3 is 1. The van der Waals surface area contributed by atoms with Crippen molar-refractivity contribution in [1.82, 2.24) is 0 Å². The summed E-state index contributed by atoms with van der Waals surface area (Å²) in [6.45, 7) is 4.53. The maximum Gasteiger partial charge on any atom is 0.180 e. The van der Waals surface area contributed by atoms with Gasteiger partial charge in [0.15, 0.2) is 11.5 Å². The molecule has 0 saturated heterocycles. The molecule has 0 fully saturated rings. The molecule has 2 aromatic rings. The number of ether oxygens (including phenoxy) is 2. The van der Waals surface area contributed by atoms with Gasteiger partial charge in [0.05, 0.1) is 18.2 Å². The molecule has 0 saturated carbocycles. The van der Waals surface area contributed by atoms with Crippen LogP contribution in [0.5, 0.6) is 11.5 Å². The van der Waals surface area contributed by atoms with Crippen LogP contribution in [0, 0.1) is 0 Å². The van der Waals surface area contributed by atoms with E-state index in [9.17, 15) is 0 Å². The number of benzene rings is 2. The van der Waals surface area contributed by atoms with Crippen LogP contribution < -0.4 is 14.8 Å². The Balaban J connectivity index is 2.14. The standard InChI is InChI=1S/C17H19Cl2NO2/c1-11(2)22-17-15(19)8-12(9-16(17)21-3)10-20-14-6-4-13(18)5-7-14/h4-9,11,20H,10H2,1-3H3. The fraction of sp³-hybridized carbons (Fsp3) is 0.294. The first kappa shape index (κ1) is 16.8. The highest BCUT2D eigenvalue weighted by Gasteiger charge is 2.13. The monoisotopic (exact) mass is 339 g/mol. The minimum absolute atomic E-state index is 0.0319. The van der Waals surface area contributed by atoms with Gasteiger partial charge in [0.25, 0.3) is 0 Å². The van der Waals surface area contributed by atoms with Crippen LogP contribution in [0.4, 0.5) is 5.69 Å². The Hall–Kier alpha value is -1.58. The average Bonchev–Trinajstić information content (AvgIpc) is 2.48. The Morgan fingerprint density at radius 1 is 1.09 bits per heavy atom. The van der Waals surface area contributed by atoms with Crippen molar-refractivity contribution in [2.45, 2.75) is 26.5 Å². The van der Waals surface area contributed by atoms with E-state index in [4.69, 9.17) is 32.7 Å². The summed E-state index contributed by atoms with van der Waals surface area (Å²) in [6.07, 6.45) is 0.0319. The number of nitrogens with one attached hydrogen (secondary N) is 1. The third-order valence-electron chi connectivity index (χ3n) is 2.98. The van der Waals surface area contributed by atoms with Crippen molar-refractivity contribution < 1.29 is 9.47 Å². The number of halogens is 2. The van der Waals surface area contributed by atoms with Crippen molar-refractivity contribution in [1.29, 1.82) is 0 Å². The van der Waals surface area contributed by atoms with Crippen LogP contribution in [0.2, 0.25) is 10.0 Å². The van der Waals surface area contributed by atoms with Crippen molar-refractivity contribution in [3.8, 4) is 11.5 Å². The predicted octanol–water partition coefficient (Wildman–Crippen LogP) is 5.40. The van der Waals surface area contributed by atoms with Gasteiger partial charge in [0.1, 0.15) is 0 Å². The maximum atomic E-state index is 6.31. The number of rotatable bonds is 6. The highest BCUT2D eigenvalue weighted by molar-refractivity contribution is 6.32. The van der Waals surface area contributed by atoms with Crippen LogP contribution in [0.15, 0.2) is 36.4 Å². The summed E-state index contributed by atoms with van der Waals surface area (Å²) in [7, 11) is 1.61. The molecule has 0 atom stereocenters. The fourth-order valence-electron chi connectivity index (χ4n) is 2.00. The lowest BCUT2D eigenvalue weighted by Crippen LogP contribution is -2.08. The molecule has 22 heavy (non-hydrogen) atoms. The zero-order chi connectivity index (χ0) is 16.1. The number of hydrogen-bond acceptors (Lipinski definition) is 3. The molecule has 0 spiro atoms. The minimum atomic E-state index is 0.0319. The molecule has 2 rings (SSSR count). The lowest BCUT2D eigenvalue weighted by Gasteiger charge is -2.16. The van der Waals surface area contributed by atoms with E-state index in [2.05, 4.69) is 5.32 Å². The van der Waals surface area contributed by atoms with Gasteiger partial charge in [-0.3, -0.25) is 0 Å². The van der Waals surface area contributed by atoms with E-state index < -0.39 is 0 Å². The zero-order valence-electron chi connectivity index (χ0n) is 12.8. The molecule has 0 aliphatic rings. The van der Waals surface area contributed by atoms with Crippen LogP contribution in [-0.4, -0.2) is 13.2 Å². The molecule has 1 N–H and O–H groups in total. The first-order valence-electron chi connectivity index (χ1n) is 7.02. The van der Waals surface area contributed by atoms with Gasteiger partial charge in [0, 0.05) is 17.3 Å². The van der Waals surface area contributed by atoms with E-state index in [0.717, 1.165) is 11.3 Å². The molecule has 0 heterocycles. The topological polar surface area (TPSA) is 30.5 Å². The molecule has 3 nitrogen and oxygen atoms in total. The summed E-state index contributed by atoms with van der Waals surface area (Å²) in [5.41, 5.74) is 2.00. The van der Waals surface area contributed by atoms with E-state index in [1.165, 1.54) is 0 Å². The molecule has 118 valence electrons. The Kier molecular flexibility index (Phi) is 5.81. The molecule has 0 radical (unpaired) electrons. The van der Waals surface area contributed by atoms with Crippen molar-refractivity contribution >= 4 is 28.9 Å². The van der Waals surface area contributed by atoms with Gasteiger partial charge < -0.3 is 14.8 Å². The van der Waals surface area contributed by atoms with Crippen LogP contribution in [0.3, 0.4) is 0 Å². The first-order valence-corrected chi connectivity index (χ1v) is 7.77. The normalized spacial score (nSPS) is 10.6. The molecule has 0 aliphatic heterocycles. The third-order valence-corrected chi connectivity index (χ3v) is 3.52. The van der Waals surface area contributed by atoms with Gasteiger partial charge in [0.2, 0.25) is 0 Å². The molecule has 0 bridgehead atoms. The largest absolute Gasteiger partial charge is 0.493 e. The second-order valence-corrected chi connectivity index (χ2v) is 5.98. The molecule has 0 amide bonds. The summed E-state index contributed by atoms with van der Waals surface area (Å²) in [5.74, 6) is 1.21. The molecular formula is C17H19Cl2NO2. The Labute approximate surface area is 141 Å². The van der Waals surface area contributed by atoms with Gasteiger partial charge in [-0.25, -0.2) is 0 Å². The van der Waals surface area contributed by atoms with Gasteiger partial charge in [-0.2, -0.15) is 0 Å². The smallest absolute Gasteiger partial charge is 0.180 e. The van der Waals surface area contributed by atoms with Crippen LogP contribution in [-0.2, 0) is 6.54 Å². The van der Waals surface area contributed by atoms with Crippen molar-refractivity contribution in [3.05, 3.63) is 52.0 Å². The molecule has 2 aromatic carbocycles.